The Bertz CT molecular complexity index is 836. The van der Waals surface area contributed by atoms with Crippen LogP contribution in [0.3, 0.4) is 0 Å². The summed E-state index contributed by atoms with van der Waals surface area (Å²) < 4.78 is 5.34. The van der Waals surface area contributed by atoms with E-state index in [1.54, 1.807) is 45.2 Å². The second-order valence-electron chi connectivity index (χ2n) is 6.61. The fourth-order valence-electron chi connectivity index (χ4n) is 2.32. The summed E-state index contributed by atoms with van der Waals surface area (Å²) in [5.41, 5.74) is 0.626. The van der Waals surface area contributed by atoms with E-state index in [9.17, 15) is 9.59 Å². The van der Waals surface area contributed by atoms with Crippen molar-refractivity contribution in [1.82, 2.24) is 25.0 Å². The molecule has 0 fully saturated rings. The topological polar surface area (TPSA) is 99.4 Å². The molecule has 1 aliphatic rings. The van der Waals surface area contributed by atoms with Crippen molar-refractivity contribution >= 4 is 23.2 Å². The molecule has 3 heterocycles. The Morgan fingerprint density at radius 1 is 1.28 bits per heavy atom. The zero-order valence-corrected chi connectivity index (χ0v) is 14.3. The Hall–Kier alpha value is -2.97. The van der Waals surface area contributed by atoms with Crippen LogP contribution in [0.5, 0.6) is 0 Å². The molecule has 9 nitrogen and oxygen atoms in total. The van der Waals surface area contributed by atoms with Crippen molar-refractivity contribution in [3.63, 3.8) is 0 Å². The summed E-state index contributed by atoms with van der Waals surface area (Å²) in [4.78, 5) is 36.3. The number of amides is 1. The van der Waals surface area contributed by atoms with Gasteiger partial charge in [0.05, 0.1) is 12.1 Å². The van der Waals surface area contributed by atoms with Gasteiger partial charge in [0.15, 0.2) is 0 Å². The number of pyridine rings is 1. The minimum absolute atomic E-state index is 0.119. The van der Waals surface area contributed by atoms with Crippen LogP contribution in [0, 0.1) is 0 Å². The summed E-state index contributed by atoms with van der Waals surface area (Å²) in [6.07, 6.45) is 3.38. The fraction of sp³-hybridized carbons (Fsp3) is 0.438. The number of carbonyl (C=O) groups is 2. The van der Waals surface area contributed by atoms with Gasteiger partial charge in [0.2, 0.25) is 5.65 Å². The first-order valence-corrected chi connectivity index (χ1v) is 7.89. The Morgan fingerprint density at radius 3 is 2.84 bits per heavy atom. The highest BCUT2D eigenvalue weighted by atomic mass is 16.7. The third kappa shape index (κ3) is 3.93. The van der Waals surface area contributed by atoms with Gasteiger partial charge in [-0.1, -0.05) is 6.08 Å². The van der Waals surface area contributed by atoms with Crippen molar-refractivity contribution in [2.75, 3.05) is 13.1 Å². The van der Waals surface area contributed by atoms with Crippen LogP contribution < -0.4 is 4.84 Å². The molecule has 0 atom stereocenters. The number of aromatic nitrogens is 4. The van der Waals surface area contributed by atoms with Crippen LogP contribution in [0.2, 0.25) is 0 Å². The molecule has 2 aromatic rings. The Morgan fingerprint density at radius 2 is 2.08 bits per heavy atom. The minimum Gasteiger partial charge on any atom is -0.444 e. The fourth-order valence-corrected chi connectivity index (χ4v) is 2.32. The van der Waals surface area contributed by atoms with E-state index in [2.05, 4.69) is 15.3 Å². The molecule has 0 aliphatic carbocycles. The van der Waals surface area contributed by atoms with Crippen molar-refractivity contribution < 1.29 is 19.2 Å². The van der Waals surface area contributed by atoms with E-state index in [4.69, 9.17) is 9.57 Å². The highest BCUT2D eigenvalue weighted by molar-refractivity contribution is 5.90. The van der Waals surface area contributed by atoms with E-state index in [-0.39, 0.29) is 6.54 Å². The maximum Gasteiger partial charge on any atom is 0.410 e. The van der Waals surface area contributed by atoms with Crippen molar-refractivity contribution in [3.8, 4) is 0 Å². The van der Waals surface area contributed by atoms with Crippen LogP contribution >= 0.6 is 0 Å². The van der Waals surface area contributed by atoms with Gasteiger partial charge in [-0.2, -0.15) is 0 Å². The van der Waals surface area contributed by atoms with E-state index in [0.717, 1.165) is 4.85 Å². The van der Waals surface area contributed by atoms with E-state index >= 15 is 0 Å². The van der Waals surface area contributed by atoms with E-state index in [1.165, 1.54) is 4.90 Å². The number of ether oxygens (including phenoxy) is 1. The number of fused-ring (bicyclic) bond motifs is 1. The molecule has 2 aromatic heterocycles. The van der Waals surface area contributed by atoms with E-state index in [0.29, 0.717) is 29.7 Å². The predicted molar refractivity (Wildman–Crippen MR) is 87.4 cm³/mol. The summed E-state index contributed by atoms with van der Waals surface area (Å²) >= 11 is 0. The van der Waals surface area contributed by atoms with Crippen LogP contribution in [0.1, 0.15) is 27.2 Å². The smallest absolute Gasteiger partial charge is 0.410 e. The summed E-state index contributed by atoms with van der Waals surface area (Å²) in [7, 11) is 0. The second kappa shape index (κ2) is 6.50. The maximum atomic E-state index is 12.4. The third-order valence-corrected chi connectivity index (χ3v) is 3.42. The lowest BCUT2D eigenvalue weighted by Gasteiger charge is -2.29. The van der Waals surface area contributed by atoms with Gasteiger partial charge in [-0.05, 0) is 49.4 Å². The highest BCUT2D eigenvalue weighted by Gasteiger charge is 2.27. The minimum atomic E-state index is -0.606. The number of hydrogen-bond acceptors (Lipinski definition) is 7. The molecule has 1 aliphatic heterocycles. The maximum absolute atomic E-state index is 12.4. The Kier molecular flexibility index (Phi) is 4.39. The van der Waals surface area contributed by atoms with E-state index in [1.807, 2.05) is 0 Å². The van der Waals surface area contributed by atoms with Crippen molar-refractivity contribution in [2.45, 2.75) is 32.8 Å². The zero-order chi connectivity index (χ0) is 18.0. The summed E-state index contributed by atoms with van der Waals surface area (Å²) in [6, 6.07) is 3.43. The summed E-state index contributed by atoms with van der Waals surface area (Å²) in [5.74, 6) is -0.606. The molecule has 0 spiro atoms. The average Bonchev–Trinajstić information content (AvgIpc) is 2.97. The SMILES string of the molecule is CC(C)(C)OC(=O)N1CCC=C(C(=O)On2nnc3cccnc32)C1. The molecule has 1 amide bonds. The lowest BCUT2D eigenvalue weighted by atomic mass is 10.1. The van der Waals surface area contributed by atoms with Gasteiger partial charge in [0, 0.05) is 12.7 Å². The van der Waals surface area contributed by atoms with Gasteiger partial charge in [-0.3, -0.25) is 0 Å². The molecule has 3 rings (SSSR count). The number of carbonyl (C=O) groups excluding carboxylic acids is 2. The molecule has 9 heteroatoms. The van der Waals surface area contributed by atoms with Gasteiger partial charge in [-0.15, -0.1) is 5.10 Å². The second-order valence-corrected chi connectivity index (χ2v) is 6.61. The van der Waals surface area contributed by atoms with Crippen LogP contribution in [-0.2, 0) is 9.53 Å². The third-order valence-electron chi connectivity index (χ3n) is 3.42. The highest BCUT2D eigenvalue weighted by Crippen LogP contribution is 2.16. The largest absolute Gasteiger partial charge is 0.444 e. The van der Waals surface area contributed by atoms with Gasteiger partial charge >= 0.3 is 12.1 Å². The van der Waals surface area contributed by atoms with Crippen LogP contribution in [0.4, 0.5) is 4.79 Å². The van der Waals surface area contributed by atoms with E-state index < -0.39 is 17.7 Å². The lowest BCUT2D eigenvalue weighted by Crippen LogP contribution is -2.42. The lowest BCUT2D eigenvalue weighted by molar-refractivity contribution is -0.141. The first kappa shape index (κ1) is 16.9. The summed E-state index contributed by atoms with van der Waals surface area (Å²) in [5, 5.41) is 7.63. The van der Waals surface area contributed by atoms with Crippen molar-refractivity contribution in [3.05, 3.63) is 30.0 Å². The molecule has 0 bridgehead atoms. The van der Waals surface area contributed by atoms with Crippen molar-refractivity contribution in [1.29, 1.82) is 0 Å². The van der Waals surface area contributed by atoms with Gasteiger partial charge in [0.25, 0.3) is 0 Å². The van der Waals surface area contributed by atoms with Crippen molar-refractivity contribution in [2.24, 2.45) is 0 Å². The quantitative estimate of drug-likeness (QED) is 0.757. The standard InChI is InChI=1S/C16H19N5O4/c1-16(2,3)24-15(23)20-9-5-6-11(10-20)14(22)25-21-13-12(18-19-21)7-4-8-17-13/h4,6-8H,5,9-10H2,1-3H3. The Labute approximate surface area is 144 Å². The number of rotatable bonds is 2. The van der Waals surface area contributed by atoms with Crippen LogP contribution in [0.25, 0.3) is 11.2 Å². The number of hydrogen-bond donors (Lipinski definition) is 0. The monoisotopic (exact) mass is 345 g/mol. The molecular formula is C16H19N5O4. The van der Waals surface area contributed by atoms with Gasteiger partial charge in [-0.25, -0.2) is 14.6 Å². The molecule has 0 saturated carbocycles. The molecule has 0 aromatic carbocycles. The number of nitrogens with zero attached hydrogens (tertiary/aromatic N) is 5. The average molecular weight is 345 g/mol. The first-order chi connectivity index (χ1) is 11.8. The molecular weight excluding hydrogens is 326 g/mol. The molecule has 0 unspecified atom stereocenters. The van der Waals surface area contributed by atoms with Gasteiger partial charge in [0.1, 0.15) is 11.1 Å². The predicted octanol–water partition coefficient (Wildman–Crippen LogP) is 1.35. The first-order valence-electron chi connectivity index (χ1n) is 7.89. The van der Waals surface area contributed by atoms with Crippen LogP contribution in [0.15, 0.2) is 30.0 Å². The normalized spacial score (nSPS) is 15.0. The van der Waals surface area contributed by atoms with Gasteiger partial charge < -0.3 is 14.5 Å². The molecule has 132 valence electrons. The van der Waals surface area contributed by atoms with Crippen LogP contribution in [-0.4, -0.2) is 55.8 Å². The molecule has 0 saturated heterocycles. The molecule has 0 radical (unpaired) electrons. The Balaban J connectivity index is 1.68. The molecule has 25 heavy (non-hydrogen) atoms. The zero-order valence-electron chi connectivity index (χ0n) is 14.3. The molecule has 0 N–H and O–H groups in total. The summed E-state index contributed by atoms with van der Waals surface area (Å²) in [6.45, 7) is 5.99.